The van der Waals surface area contributed by atoms with Crippen molar-refractivity contribution < 1.29 is 9.18 Å². The maximum absolute atomic E-state index is 14.2. The van der Waals surface area contributed by atoms with Crippen LogP contribution in [-0.2, 0) is 4.79 Å². The molecule has 4 N–H and O–H groups in total. The lowest BCUT2D eigenvalue weighted by Crippen LogP contribution is -2.39. The maximum Gasteiger partial charge on any atom is 0.251 e. The van der Waals surface area contributed by atoms with Crippen LogP contribution in [0, 0.1) is 5.82 Å². The summed E-state index contributed by atoms with van der Waals surface area (Å²) < 4.78 is 14.8. The number of rotatable bonds is 7. The monoisotopic (exact) mass is 541 g/mol. The van der Waals surface area contributed by atoms with E-state index in [2.05, 4.69) is 42.3 Å². The summed E-state index contributed by atoms with van der Waals surface area (Å²) >= 11 is 8.61. The fraction of sp³-hybridized carbons (Fsp3) is 0.200. The number of halogens is 2. The summed E-state index contributed by atoms with van der Waals surface area (Å²) in [6, 6.07) is 20.7. The van der Waals surface area contributed by atoms with Crippen molar-refractivity contribution in [3.05, 3.63) is 88.6 Å². The van der Waals surface area contributed by atoms with E-state index in [0.717, 1.165) is 24.3 Å². The average molecular weight is 542 g/mol. The molecule has 1 unspecified atom stereocenters. The van der Waals surface area contributed by atoms with Crippen LogP contribution in [0.5, 0.6) is 0 Å². The summed E-state index contributed by atoms with van der Waals surface area (Å²) in [5.41, 5.74) is 5.96. The summed E-state index contributed by atoms with van der Waals surface area (Å²) in [6.45, 7) is 2.06. The highest BCUT2D eigenvalue weighted by molar-refractivity contribution is 9.10. The Morgan fingerprint density at radius 1 is 0.941 bits per heavy atom. The second-order valence-electron chi connectivity index (χ2n) is 7.94. The summed E-state index contributed by atoms with van der Waals surface area (Å²) in [6.07, 6.45) is 2.39. The van der Waals surface area contributed by atoms with E-state index in [0.29, 0.717) is 10.2 Å². The summed E-state index contributed by atoms with van der Waals surface area (Å²) in [5.74, 6) is -0.742. The zero-order valence-corrected chi connectivity index (χ0v) is 20.8. The van der Waals surface area contributed by atoms with Gasteiger partial charge < -0.3 is 21.4 Å². The zero-order chi connectivity index (χ0) is 23.9. The van der Waals surface area contributed by atoms with Crippen LogP contribution in [0.1, 0.15) is 24.4 Å². The van der Waals surface area contributed by atoms with Gasteiger partial charge >= 0.3 is 0 Å². The molecule has 34 heavy (non-hydrogen) atoms. The highest BCUT2D eigenvalue weighted by atomic mass is 79.9. The molecule has 4 rings (SSSR count). The summed E-state index contributed by atoms with van der Waals surface area (Å²) in [4.78, 5) is 13.2. The number of carbonyl (C=O) groups excluding carboxylic acids is 1. The highest BCUT2D eigenvalue weighted by Gasteiger charge is 2.22. The first-order valence-electron chi connectivity index (χ1n) is 11.0. The van der Waals surface area contributed by atoms with Gasteiger partial charge in [0.2, 0.25) is 0 Å². The number of nitrogens with one attached hydrogen (secondary N) is 4. The Balaban J connectivity index is 1.43. The lowest BCUT2D eigenvalue weighted by atomic mass is 10.1. The van der Waals surface area contributed by atoms with Gasteiger partial charge in [0.15, 0.2) is 5.11 Å². The molecule has 0 radical (unpaired) electrons. The standard InChI is InChI=1S/C25H25BrFN5OS/c26-18-8-13-22(21(27)16-18)29-25(34)30-23(17-6-2-1-3-7-17)24(33)28-19-9-11-20(12-10-19)31-32-14-4-5-15-32/h1-3,6-13,16,23,31H,4-5,14-15H2,(H,28,33)(H2,29,30,34). The number of carbonyl (C=O) groups is 1. The minimum atomic E-state index is -0.776. The summed E-state index contributed by atoms with van der Waals surface area (Å²) in [7, 11) is 0. The Labute approximate surface area is 212 Å². The molecule has 1 heterocycles. The van der Waals surface area contributed by atoms with Crippen molar-refractivity contribution in [1.82, 2.24) is 10.3 Å². The normalized spacial score (nSPS) is 14.3. The molecule has 0 spiro atoms. The molecule has 3 aromatic carbocycles. The molecule has 3 aromatic rings. The van der Waals surface area contributed by atoms with Crippen molar-refractivity contribution in [3.63, 3.8) is 0 Å². The van der Waals surface area contributed by atoms with E-state index in [-0.39, 0.29) is 16.7 Å². The first-order valence-corrected chi connectivity index (χ1v) is 12.2. The van der Waals surface area contributed by atoms with E-state index >= 15 is 0 Å². The number of amides is 1. The predicted molar refractivity (Wildman–Crippen MR) is 142 cm³/mol. The third-order valence-corrected chi connectivity index (χ3v) is 6.11. The van der Waals surface area contributed by atoms with Crippen LogP contribution in [-0.4, -0.2) is 29.1 Å². The Morgan fingerprint density at radius 2 is 1.62 bits per heavy atom. The molecule has 1 aliphatic rings. The molecule has 1 fully saturated rings. The lowest BCUT2D eigenvalue weighted by molar-refractivity contribution is -0.117. The molecule has 0 bridgehead atoms. The average Bonchev–Trinajstić information content (AvgIpc) is 3.34. The second-order valence-corrected chi connectivity index (χ2v) is 9.26. The highest BCUT2D eigenvalue weighted by Crippen LogP contribution is 2.22. The van der Waals surface area contributed by atoms with Crippen LogP contribution in [0.25, 0.3) is 0 Å². The minimum Gasteiger partial charge on any atom is -0.347 e. The second kappa shape index (κ2) is 11.4. The maximum atomic E-state index is 14.2. The largest absolute Gasteiger partial charge is 0.347 e. The molecule has 9 heteroatoms. The number of hydrazine groups is 1. The van der Waals surface area contributed by atoms with E-state index in [1.165, 1.54) is 18.9 Å². The predicted octanol–water partition coefficient (Wildman–Crippen LogP) is 5.68. The van der Waals surface area contributed by atoms with Gasteiger partial charge in [-0.2, -0.15) is 0 Å². The van der Waals surface area contributed by atoms with E-state index in [4.69, 9.17) is 12.2 Å². The fourth-order valence-electron chi connectivity index (χ4n) is 3.68. The van der Waals surface area contributed by atoms with Gasteiger partial charge in [-0.25, -0.2) is 9.40 Å². The van der Waals surface area contributed by atoms with Gasteiger partial charge in [0.05, 0.1) is 5.69 Å². The molecule has 0 aromatic heterocycles. The number of thiocarbonyl (C=S) groups is 1. The van der Waals surface area contributed by atoms with Gasteiger partial charge in [0.25, 0.3) is 5.91 Å². The number of hydrogen-bond acceptors (Lipinski definition) is 4. The smallest absolute Gasteiger partial charge is 0.251 e. The van der Waals surface area contributed by atoms with Crippen molar-refractivity contribution in [3.8, 4) is 0 Å². The van der Waals surface area contributed by atoms with E-state index in [1.807, 2.05) is 54.6 Å². The quantitative estimate of drug-likeness (QED) is 0.288. The third kappa shape index (κ3) is 6.53. The molecule has 1 amide bonds. The van der Waals surface area contributed by atoms with Crippen molar-refractivity contribution >= 4 is 56.2 Å². The van der Waals surface area contributed by atoms with E-state index in [1.54, 1.807) is 12.1 Å². The zero-order valence-electron chi connectivity index (χ0n) is 18.4. The van der Waals surface area contributed by atoms with Crippen LogP contribution in [0.15, 0.2) is 77.3 Å². The topological polar surface area (TPSA) is 68.4 Å². The molecular weight excluding hydrogens is 517 g/mol. The summed E-state index contributed by atoms with van der Waals surface area (Å²) in [5, 5.41) is 11.1. The molecule has 6 nitrogen and oxygen atoms in total. The van der Waals surface area contributed by atoms with Gasteiger partial charge in [0.1, 0.15) is 11.9 Å². The van der Waals surface area contributed by atoms with Crippen molar-refractivity contribution in [2.75, 3.05) is 29.1 Å². The SMILES string of the molecule is O=C(Nc1ccc(NN2CCCC2)cc1)C(NC(=S)Nc1ccc(Br)cc1F)c1ccccc1. The van der Waals surface area contributed by atoms with Crippen LogP contribution >= 0.6 is 28.1 Å². The van der Waals surface area contributed by atoms with Gasteiger partial charge in [0, 0.05) is 28.9 Å². The van der Waals surface area contributed by atoms with Crippen LogP contribution in [0.3, 0.4) is 0 Å². The van der Waals surface area contributed by atoms with Crippen molar-refractivity contribution in [2.24, 2.45) is 0 Å². The Hall–Kier alpha value is -3.01. The minimum absolute atomic E-state index is 0.135. The van der Waals surface area contributed by atoms with Crippen LogP contribution < -0.4 is 21.4 Å². The van der Waals surface area contributed by atoms with Gasteiger partial charge in [-0.1, -0.05) is 46.3 Å². The van der Waals surface area contributed by atoms with Gasteiger partial charge in [-0.05, 0) is 73.1 Å². The molecular formula is C25H25BrFN5OS. The van der Waals surface area contributed by atoms with Crippen molar-refractivity contribution in [1.29, 1.82) is 0 Å². The molecule has 176 valence electrons. The van der Waals surface area contributed by atoms with Crippen LogP contribution in [0.2, 0.25) is 0 Å². The Bertz CT molecular complexity index is 1140. The van der Waals surface area contributed by atoms with Crippen molar-refractivity contribution in [2.45, 2.75) is 18.9 Å². The number of benzene rings is 3. The molecule has 1 saturated heterocycles. The van der Waals surface area contributed by atoms with E-state index in [9.17, 15) is 9.18 Å². The van der Waals surface area contributed by atoms with E-state index < -0.39 is 11.9 Å². The number of anilines is 3. The van der Waals surface area contributed by atoms with Gasteiger partial charge in [-0.15, -0.1) is 0 Å². The third-order valence-electron chi connectivity index (χ3n) is 5.40. The van der Waals surface area contributed by atoms with Crippen LogP contribution in [0.4, 0.5) is 21.5 Å². The first-order chi connectivity index (χ1) is 16.5. The molecule has 1 atom stereocenters. The molecule has 0 saturated carbocycles. The Kier molecular flexibility index (Phi) is 8.10. The number of hydrogen-bond donors (Lipinski definition) is 4. The first kappa shape index (κ1) is 24.1. The molecule has 1 aliphatic heterocycles. The Morgan fingerprint density at radius 3 is 2.29 bits per heavy atom. The van der Waals surface area contributed by atoms with Gasteiger partial charge in [-0.3, -0.25) is 4.79 Å². The molecule has 0 aliphatic carbocycles. The number of nitrogens with zero attached hydrogens (tertiary/aromatic N) is 1. The lowest BCUT2D eigenvalue weighted by Gasteiger charge is -2.21. The fourth-order valence-corrected chi connectivity index (χ4v) is 4.24.